The van der Waals surface area contributed by atoms with Gasteiger partial charge in [-0.2, -0.15) is 5.26 Å². The van der Waals surface area contributed by atoms with E-state index in [4.69, 9.17) is 0 Å². The van der Waals surface area contributed by atoms with E-state index in [-0.39, 0.29) is 5.91 Å². The first-order chi connectivity index (χ1) is 16.2. The van der Waals surface area contributed by atoms with Gasteiger partial charge in [0.15, 0.2) is 11.0 Å². The summed E-state index contributed by atoms with van der Waals surface area (Å²) in [4.78, 5) is 12.4. The van der Waals surface area contributed by atoms with Crippen molar-refractivity contribution in [3.8, 4) is 17.5 Å². The van der Waals surface area contributed by atoms with E-state index in [1.165, 1.54) is 11.8 Å². The zero-order valence-electron chi connectivity index (χ0n) is 17.8. The van der Waals surface area contributed by atoms with Gasteiger partial charge in [0.2, 0.25) is 0 Å². The minimum Gasteiger partial charge on any atom is -0.322 e. The minimum absolute atomic E-state index is 0.158. The second kappa shape index (κ2) is 10.4. The Morgan fingerprint density at radius 1 is 1.03 bits per heavy atom. The van der Waals surface area contributed by atoms with Crippen LogP contribution in [0.1, 0.15) is 21.5 Å². The third kappa shape index (κ3) is 5.20. The van der Waals surface area contributed by atoms with Crippen LogP contribution in [0.5, 0.6) is 0 Å². The molecule has 0 saturated heterocycles. The lowest BCUT2D eigenvalue weighted by Crippen LogP contribution is -2.11. The highest BCUT2D eigenvalue weighted by molar-refractivity contribution is 7.98. The Hall–Kier alpha value is -4.15. The number of thioether (sulfide) groups is 1. The van der Waals surface area contributed by atoms with Crippen LogP contribution in [0.25, 0.3) is 11.4 Å². The molecule has 1 aromatic heterocycles. The number of aromatic nitrogens is 3. The molecule has 6 nitrogen and oxygen atoms in total. The molecule has 0 unspecified atom stereocenters. The van der Waals surface area contributed by atoms with Crippen LogP contribution in [-0.4, -0.2) is 20.7 Å². The van der Waals surface area contributed by atoms with Gasteiger partial charge in [0.05, 0.1) is 11.6 Å². The zero-order valence-corrected chi connectivity index (χ0v) is 18.6. The molecule has 1 heterocycles. The molecule has 4 aromatic rings. The van der Waals surface area contributed by atoms with E-state index in [1.807, 2.05) is 71.3 Å². The van der Waals surface area contributed by atoms with E-state index in [2.05, 4.69) is 28.2 Å². The molecule has 0 radical (unpaired) electrons. The molecule has 3 aromatic carbocycles. The van der Waals surface area contributed by atoms with E-state index in [0.29, 0.717) is 34.9 Å². The summed E-state index contributed by atoms with van der Waals surface area (Å²) in [6, 6.07) is 26.4. The number of hydrogen-bond donors (Lipinski definition) is 1. The van der Waals surface area contributed by atoms with Gasteiger partial charge < -0.3 is 5.32 Å². The molecule has 4 rings (SSSR count). The van der Waals surface area contributed by atoms with Gasteiger partial charge in [0.25, 0.3) is 5.91 Å². The lowest BCUT2D eigenvalue weighted by Gasteiger charge is -2.09. The van der Waals surface area contributed by atoms with Crippen molar-refractivity contribution in [2.75, 3.05) is 5.32 Å². The van der Waals surface area contributed by atoms with Gasteiger partial charge in [-0.15, -0.1) is 16.8 Å². The van der Waals surface area contributed by atoms with E-state index in [9.17, 15) is 10.1 Å². The summed E-state index contributed by atoms with van der Waals surface area (Å²) in [6.45, 7) is 4.41. The molecule has 0 bridgehead atoms. The van der Waals surface area contributed by atoms with Crippen LogP contribution < -0.4 is 5.32 Å². The van der Waals surface area contributed by atoms with Gasteiger partial charge in [-0.05, 0) is 48.0 Å². The van der Waals surface area contributed by atoms with Crippen LogP contribution in [0.4, 0.5) is 5.69 Å². The van der Waals surface area contributed by atoms with Gasteiger partial charge in [0.1, 0.15) is 0 Å². The number of benzene rings is 3. The van der Waals surface area contributed by atoms with Crippen LogP contribution in [-0.2, 0) is 12.3 Å². The lowest BCUT2D eigenvalue weighted by molar-refractivity contribution is 0.102. The van der Waals surface area contributed by atoms with Crippen LogP contribution in [0.15, 0.2) is 96.7 Å². The average Bonchev–Trinajstić information content (AvgIpc) is 3.26. The molecule has 0 aliphatic rings. The van der Waals surface area contributed by atoms with Crippen LogP contribution >= 0.6 is 11.8 Å². The fourth-order valence-electron chi connectivity index (χ4n) is 3.30. The maximum atomic E-state index is 12.4. The van der Waals surface area contributed by atoms with E-state index in [0.717, 1.165) is 16.3 Å². The van der Waals surface area contributed by atoms with Crippen LogP contribution in [0, 0.1) is 11.3 Å². The number of allylic oxidation sites excluding steroid dienone is 1. The highest BCUT2D eigenvalue weighted by atomic mass is 32.2. The summed E-state index contributed by atoms with van der Waals surface area (Å²) in [5.74, 6) is 1.17. The average molecular weight is 452 g/mol. The van der Waals surface area contributed by atoms with Crippen molar-refractivity contribution in [2.45, 2.75) is 17.5 Å². The fraction of sp³-hybridized carbons (Fsp3) is 0.0769. The Bertz CT molecular complexity index is 1310. The number of amides is 1. The van der Waals surface area contributed by atoms with Crippen LogP contribution in [0.2, 0.25) is 0 Å². The van der Waals surface area contributed by atoms with E-state index in [1.54, 1.807) is 18.2 Å². The third-order valence-corrected chi connectivity index (χ3v) is 5.98. The zero-order chi connectivity index (χ0) is 23.0. The number of nitriles is 1. The summed E-state index contributed by atoms with van der Waals surface area (Å²) >= 11 is 1.53. The highest BCUT2D eigenvalue weighted by Crippen LogP contribution is 2.28. The lowest BCUT2D eigenvalue weighted by atomic mass is 10.1. The first-order valence-electron chi connectivity index (χ1n) is 10.3. The SMILES string of the molecule is C=CCn1c(SCc2ccccc2C#N)nnc1-c1ccc(NC(=O)c2ccccc2)cc1. The number of carbonyl (C=O) groups is 1. The summed E-state index contributed by atoms with van der Waals surface area (Å²) in [5, 5.41) is 21.7. The second-order valence-corrected chi connectivity index (χ2v) is 8.10. The van der Waals surface area contributed by atoms with Crippen molar-refractivity contribution < 1.29 is 4.79 Å². The Kier molecular flexibility index (Phi) is 6.98. The van der Waals surface area contributed by atoms with Gasteiger partial charge in [-0.3, -0.25) is 9.36 Å². The molecule has 0 atom stereocenters. The Balaban J connectivity index is 1.51. The predicted molar refractivity (Wildman–Crippen MR) is 131 cm³/mol. The maximum Gasteiger partial charge on any atom is 0.255 e. The molecule has 0 aliphatic heterocycles. The van der Waals surface area contributed by atoms with Gasteiger partial charge in [-0.1, -0.05) is 54.2 Å². The first kappa shape index (κ1) is 22.1. The summed E-state index contributed by atoms with van der Waals surface area (Å²) in [6.07, 6.45) is 1.80. The van der Waals surface area contributed by atoms with Crippen molar-refractivity contribution in [1.29, 1.82) is 5.26 Å². The number of carbonyl (C=O) groups excluding carboxylic acids is 1. The number of hydrogen-bond acceptors (Lipinski definition) is 5. The quantitative estimate of drug-likeness (QED) is 0.281. The Labute approximate surface area is 196 Å². The minimum atomic E-state index is -0.158. The third-order valence-electron chi connectivity index (χ3n) is 4.96. The summed E-state index contributed by atoms with van der Waals surface area (Å²) < 4.78 is 1.99. The molecule has 33 heavy (non-hydrogen) atoms. The maximum absolute atomic E-state index is 12.4. The van der Waals surface area contributed by atoms with Gasteiger partial charge in [-0.25, -0.2) is 0 Å². The first-order valence-corrected chi connectivity index (χ1v) is 11.3. The summed E-state index contributed by atoms with van der Waals surface area (Å²) in [5.41, 5.74) is 3.80. The second-order valence-electron chi connectivity index (χ2n) is 7.16. The monoisotopic (exact) mass is 451 g/mol. The molecule has 1 amide bonds. The highest BCUT2D eigenvalue weighted by Gasteiger charge is 2.15. The number of nitrogens with one attached hydrogen (secondary N) is 1. The number of nitrogens with zero attached hydrogens (tertiary/aromatic N) is 4. The molecule has 1 N–H and O–H groups in total. The molecular weight excluding hydrogens is 430 g/mol. The Morgan fingerprint density at radius 2 is 1.76 bits per heavy atom. The van der Waals surface area contributed by atoms with Crippen LogP contribution in [0.3, 0.4) is 0 Å². The van der Waals surface area contributed by atoms with Crippen molar-refractivity contribution in [3.63, 3.8) is 0 Å². The predicted octanol–water partition coefficient (Wildman–Crippen LogP) is 5.55. The molecule has 0 saturated carbocycles. The molecule has 0 aliphatic carbocycles. The molecular formula is C26H21N5OS. The largest absolute Gasteiger partial charge is 0.322 e. The molecule has 162 valence electrons. The smallest absolute Gasteiger partial charge is 0.255 e. The molecule has 0 spiro atoms. The van der Waals surface area contributed by atoms with E-state index < -0.39 is 0 Å². The molecule has 0 fully saturated rings. The van der Waals surface area contributed by atoms with Crippen molar-refractivity contribution in [2.24, 2.45) is 0 Å². The number of anilines is 1. The Morgan fingerprint density at radius 3 is 2.48 bits per heavy atom. The van der Waals surface area contributed by atoms with Crippen molar-refractivity contribution in [3.05, 3.63) is 108 Å². The van der Waals surface area contributed by atoms with Gasteiger partial charge in [0, 0.05) is 29.1 Å². The topological polar surface area (TPSA) is 83.6 Å². The van der Waals surface area contributed by atoms with Crippen molar-refractivity contribution >= 4 is 23.4 Å². The normalized spacial score (nSPS) is 10.4. The number of rotatable bonds is 8. The standard InChI is InChI=1S/C26H21N5OS/c1-2-16-31-24(29-30-26(31)33-18-22-11-7-6-10-21(22)17-27)19-12-14-23(15-13-19)28-25(32)20-8-4-3-5-9-20/h2-15H,1,16,18H2,(H,28,32). The summed E-state index contributed by atoms with van der Waals surface area (Å²) in [7, 11) is 0. The van der Waals surface area contributed by atoms with Gasteiger partial charge >= 0.3 is 0 Å². The molecule has 7 heteroatoms. The van der Waals surface area contributed by atoms with E-state index >= 15 is 0 Å². The fourth-order valence-corrected chi connectivity index (χ4v) is 4.25. The van der Waals surface area contributed by atoms with Crippen molar-refractivity contribution in [1.82, 2.24) is 14.8 Å².